The zero-order valence-electron chi connectivity index (χ0n) is 10.7. The summed E-state index contributed by atoms with van der Waals surface area (Å²) in [6, 6.07) is 11.0. The van der Waals surface area contributed by atoms with E-state index in [1.807, 2.05) is 24.5 Å². The molecule has 0 aliphatic carbocycles. The maximum absolute atomic E-state index is 4.31. The summed E-state index contributed by atoms with van der Waals surface area (Å²) in [4.78, 5) is 4.31. The van der Waals surface area contributed by atoms with E-state index in [-0.39, 0.29) is 0 Å². The van der Waals surface area contributed by atoms with Crippen molar-refractivity contribution in [1.29, 1.82) is 0 Å². The average molecular weight is 305 g/mol. The van der Waals surface area contributed by atoms with E-state index in [1.165, 1.54) is 11.1 Å². The second-order valence-electron chi connectivity index (χ2n) is 4.62. The van der Waals surface area contributed by atoms with Gasteiger partial charge in [0.2, 0.25) is 0 Å². The van der Waals surface area contributed by atoms with Gasteiger partial charge in [-0.05, 0) is 29.3 Å². The SMILES string of the molecule is CC(C)NCc1cncc(-c2ccc(Br)cc2)c1. The summed E-state index contributed by atoms with van der Waals surface area (Å²) >= 11 is 3.45. The van der Waals surface area contributed by atoms with Gasteiger partial charge in [0.15, 0.2) is 0 Å². The molecule has 0 saturated carbocycles. The Labute approximate surface area is 117 Å². The molecule has 0 saturated heterocycles. The van der Waals surface area contributed by atoms with E-state index in [0.29, 0.717) is 6.04 Å². The van der Waals surface area contributed by atoms with Crippen LogP contribution in [0.3, 0.4) is 0 Å². The van der Waals surface area contributed by atoms with Crippen molar-refractivity contribution >= 4 is 15.9 Å². The summed E-state index contributed by atoms with van der Waals surface area (Å²) in [6.45, 7) is 5.15. The zero-order valence-corrected chi connectivity index (χ0v) is 12.2. The number of rotatable bonds is 4. The van der Waals surface area contributed by atoms with Crippen LogP contribution in [-0.2, 0) is 6.54 Å². The number of hydrogen-bond donors (Lipinski definition) is 1. The Balaban J connectivity index is 2.18. The molecule has 0 radical (unpaired) electrons. The van der Waals surface area contributed by atoms with Crippen LogP contribution in [0.2, 0.25) is 0 Å². The Bertz CT molecular complexity index is 506. The van der Waals surface area contributed by atoms with Crippen LogP contribution in [0.4, 0.5) is 0 Å². The van der Waals surface area contributed by atoms with Crippen LogP contribution in [0.5, 0.6) is 0 Å². The summed E-state index contributed by atoms with van der Waals surface area (Å²) in [6.07, 6.45) is 3.82. The molecular formula is C15H17BrN2. The van der Waals surface area contributed by atoms with Gasteiger partial charge >= 0.3 is 0 Å². The highest BCUT2D eigenvalue weighted by molar-refractivity contribution is 9.10. The highest BCUT2D eigenvalue weighted by atomic mass is 79.9. The molecule has 1 heterocycles. The molecule has 0 atom stereocenters. The van der Waals surface area contributed by atoms with Crippen LogP contribution in [0.25, 0.3) is 11.1 Å². The molecule has 94 valence electrons. The molecule has 0 fully saturated rings. The van der Waals surface area contributed by atoms with E-state index in [4.69, 9.17) is 0 Å². The van der Waals surface area contributed by atoms with Crippen molar-refractivity contribution in [2.45, 2.75) is 26.4 Å². The molecule has 2 rings (SSSR count). The number of nitrogens with one attached hydrogen (secondary N) is 1. The first-order valence-electron chi connectivity index (χ1n) is 6.08. The lowest BCUT2D eigenvalue weighted by atomic mass is 10.1. The predicted octanol–water partition coefficient (Wildman–Crippen LogP) is 4.01. The molecule has 0 amide bonds. The first kappa shape index (κ1) is 13.2. The smallest absolute Gasteiger partial charge is 0.0346 e. The summed E-state index contributed by atoms with van der Waals surface area (Å²) in [5.41, 5.74) is 3.56. The lowest BCUT2D eigenvalue weighted by Gasteiger charge is -2.09. The van der Waals surface area contributed by atoms with Crippen LogP contribution in [-0.4, -0.2) is 11.0 Å². The number of pyridine rings is 1. The van der Waals surface area contributed by atoms with E-state index >= 15 is 0 Å². The predicted molar refractivity (Wildman–Crippen MR) is 79.3 cm³/mol. The van der Waals surface area contributed by atoms with E-state index in [0.717, 1.165) is 16.6 Å². The van der Waals surface area contributed by atoms with Crippen LogP contribution < -0.4 is 5.32 Å². The second kappa shape index (κ2) is 6.12. The summed E-state index contributed by atoms with van der Waals surface area (Å²) in [5, 5.41) is 3.40. The monoisotopic (exact) mass is 304 g/mol. The van der Waals surface area contributed by atoms with Crippen LogP contribution in [0.15, 0.2) is 47.2 Å². The van der Waals surface area contributed by atoms with Crippen molar-refractivity contribution in [2.75, 3.05) is 0 Å². The van der Waals surface area contributed by atoms with Gasteiger partial charge in [-0.25, -0.2) is 0 Å². The number of benzene rings is 1. The molecule has 0 aliphatic rings. The molecule has 0 spiro atoms. The zero-order chi connectivity index (χ0) is 13.0. The quantitative estimate of drug-likeness (QED) is 0.923. The number of nitrogens with zero attached hydrogens (tertiary/aromatic N) is 1. The van der Waals surface area contributed by atoms with Gasteiger partial charge < -0.3 is 5.32 Å². The molecule has 0 aliphatic heterocycles. The van der Waals surface area contributed by atoms with Crippen molar-refractivity contribution < 1.29 is 0 Å². The lowest BCUT2D eigenvalue weighted by Crippen LogP contribution is -2.21. The van der Waals surface area contributed by atoms with Crippen molar-refractivity contribution in [1.82, 2.24) is 10.3 Å². The number of halogens is 1. The standard InChI is InChI=1S/C15H17BrN2/c1-11(2)18-9-12-7-14(10-17-8-12)13-3-5-15(16)6-4-13/h3-8,10-11,18H,9H2,1-2H3. The van der Waals surface area contributed by atoms with Crippen molar-refractivity contribution in [3.63, 3.8) is 0 Å². The van der Waals surface area contributed by atoms with Gasteiger partial charge in [-0.2, -0.15) is 0 Å². The Kier molecular flexibility index (Phi) is 4.50. The summed E-state index contributed by atoms with van der Waals surface area (Å²) < 4.78 is 1.09. The normalized spacial score (nSPS) is 10.9. The minimum Gasteiger partial charge on any atom is -0.310 e. The van der Waals surface area contributed by atoms with Gasteiger partial charge in [-0.1, -0.05) is 41.9 Å². The highest BCUT2D eigenvalue weighted by Crippen LogP contribution is 2.21. The molecule has 1 aromatic carbocycles. The van der Waals surface area contributed by atoms with Gasteiger partial charge in [0.05, 0.1) is 0 Å². The van der Waals surface area contributed by atoms with Gasteiger partial charge in [0, 0.05) is 35.0 Å². The third-order valence-electron chi connectivity index (χ3n) is 2.69. The van der Waals surface area contributed by atoms with Gasteiger partial charge in [0.25, 0.3) is 0 Å². The fourth-order valence-electron chi connectivity index (χ4n) is 1.71. The Morgan fingerprint density at radius 1 is 1.11 bits per heavy atom. The molecule has 3 heteroatoms. The van der Waals surface area contributed by atoms with E-state index in [2.05, 4.69) is 58.3 Å². The van der Waals surface area contributed by atoms with E-state index in [1.54, 1.807) is 0 Å². The molecular weight excluding hydrogens is 288 g/mol. The first-order valence-corrected chi connectivity index (χ1v) is 6.87. The summed E-state index contributed by atoms with van der Waals surface area (Å²) in [5.74, 6) is 0. The molecule has 1 aromatic heterocycles. The Morgan fingerprint density at radius 2 is 1.83 bits per heavy atom. The number of aromatic nitrogens is 1. The summed E-state index contributed by atoms with van der Waals surface area (Å²) in [7, 11) is 0. The fourth-order valence-corrected chi connectivity index (χ4v) is 1.97. The van der Waals surface area contributed by atoms with Crippen molar-refractivity contribution in [2.24, 2.45) is 0 Å². The van der Waals surface area contributed by atoms with Crippen LogP contribution in [0.1, 0.15) is 19.4 Å². The Morgan fingerprint density at radius 3 is 2.50 bits per heavy atom. The third-order valence-corrected chi connectivity index (χ3v) is 3.22. The van der Waals surface area contributed by atoms with E-state index in [9.17, 15) is 0 Å². The Hall–Kier alpha value is -1.19. The minimum atomic E-state index is 0.487. The largest absolute Gasteiger partial charge is 0.310 e. The molecule has 2 nitrogen and oxygen atoms in total. The third kappa shape index (κ3) is 3.65. The average Bonchev–Trinajstić information content (AvgIpc) is 2.37. The highest BCUT2D eigenvalue weighted by Gasteiger charge is 2.01. The second-order valence-corrected chi connectivity index (χ2v) is 5.54. The maximum Gasteiger partial charge on any atom is 0.0346 e. The fraction of sp³-hybridized carbons (Fsp3) is 0.267. The van der Waals surface area contributed by atoms with Gasteiger partial charge in [-0.15, -0.1) is 0 Å². The molecule has 1 N–H and O–H groups in total. The van der Waals surface area contributed by atoms with Crippen molar-refractivity contribution in [3.05, 3.63) is 52.8 Å². The molecule has 2 aromatic rings. The van der Waals surface area contributed by atoms with Gasteiger partial charge in [0.1, 0.15) is 0 Å². The van der Waals surface area contributed by atoms with Gasteiger partial charge in [-0.3, -0.25) is 4.98 Å². The van der Waals surface area contributed by atoms with Crippen molar-refractivity contribution in [3.8, 4) is 11.1 Å². The minimum absolute atomic E-state index is 0.487. The van der Waals surface area contributed by atoms with E-state index < -0.39 is 0 Å². The first-order chi connectivity index (χ1) is 8.65. The van der Waals surface area contributed by atoms with Crippen LogP contribution in [0, 0.1) is 0 Å². The van der Waals surface area contributed by atoms with Crippen LogP contribution >= 0.6 is 15.9 Å². The maximum atomic E-state index is 4.31. The lowest BCUT2D eigenvalue weighted by molar-refractivity contribution is 0.588. The molecule has 18 heavy (non-hydrogen) atoms. The molecule has 0 unspecified atom stereocenters. The number of hydrogen-bond acceptors (Lipinski definition) is 2. The topological polar surface area (TPSA) is 24.9 Å². The molecule has 0 bridgehead atoms.